The van der Waals surface area contributed by atoms with Crippen molar-refractivity contribution in [2.45, 2.75) is 12.7 Å². The Labute approximate surface area is 161 Å². The third kappa shape index (κ3) is 4.53. The van der Waals surface area contributed by atoms with E-state index in [1.165, 1.54) is 11.7 Å². The average molecular weight is 406 g/mol. The highest BCUT2D eigenvalue weighted by molar-refractivity contribution is 7.38. The number of anilines is 1. The highest BCUT2D eigenvalue weighted by Gasteiger charge is 2.17. The maximum atomic E-state index is 12.4. The molecule has 0 aliphatic rings. The molecule has 0 fully saturated rings. The molecule has 0 radical (unpaired) electrons. The van der Waals surface area contributed by atoms with Gasteiger partial charge in [-0.1, -0.05) is 18.2 Å². The molecule has 0 saturated carbocycles. The number of imidazole rings is 1. The fraction of sp³-hybridized carbons (Fsp3) is 0.353. The second kappa shape index (κ2) is 8.92. The number of nitrogens with two attached hydrogens (primary N) is 1. The molecule has 10 nitrogen and oxygen atoms in total. The molecule has 0 amide bonds. The Balaban J connectivity index is 1.92. The zero-order chi connectivity index (χ0) is 20.1. The molecule has 3 aromatic rings. The SMILES string of the molecule is COCCOc1nc(N)c2[nH]c(=O)n(Cc3cccc(C[P+](=O)OC)c3)c2n1. The monoisotopic (exact) mass is 406 g/mol. The summed E-state index contributed by atoms with van der Waals surface area (Å²) < 4.78 is 28.3. The predicted octanol–water partition coefficient (Wildman–Crippen LogP) is 1.66. The van der Waals surface area contributed by atoms with Crippen molar-refractivity contribution in [3.8, 4) is 6.01 Å². The van der Waals surface area contributed by atoms with Crippen LogP contribution < -0.4 is 16.2 Å². The maximum Gasteiger partial charge on any atom is 0.512 e. The van der Waals surface area contributed by atoms with Crippen LogP contribution in [0.2, 0.25) is 0 Å². The Morgan fingerprint density at radius 1 is 1.21 bits per heavy atom. The molecular weight excluding hydrogens is 385 g/mol. The van der Waals surface area contributed by atoms with Gasteiger partial charge in [-0.3, -0.25) is 4.57 Å². The summed E-state index contributed by atoms with van der Waals surface area (Å²) in [5.41, 5.74) is 7.97. The number of nitrogen functional groups attached to an aromatic ring is 1. The second-order valence-electron chi connectivity index (χ2n) is 5.94. The lowest BCUT2D eigenvalue weighted by Gasteiger charge is -2.07. The third-order valence-electron chi connectivity index (χ3n) is 4.00. The normalized spacial score (nSPS) is 11.7. The van der Waals surface area contributed by atoms with E-state index in [-0.39, 0.29) is 30.7 Å². The Kier molecular flexibility index (Phi) is 6.35. The minimum Gasteiger partial charge on any atom is -0.461 e. The van der Waals surface area contributed by atoms with Gasteiger partial charge in [0.05, 0.1) is 20.3 Å². The van der Waals surface area contributed by atoms with E-state index in [2.05, 4.69) is 15.0 Å². The van der Waals surface area contributed by atoms with E-state index in [1.54, 1.807) is 7.11 Å². The number of aromatic amines is 1. The molecule has 1 aromatic carbocycles. The maximum absolute atomic E-state index is 12.4. The molecule has 0 bridgehead atoms. The molecular formula is C17H21N5O5P+. The molecule has 1 atom stereocenters. The summed E-state index contributed by atoms with van der Waals surface area (Å²) in [6, 6.07) is 7.51. The fourth-order valence-corrected chi connectivity index (χ4v) is 3.30. The van der Waals surface area contributed by atoms with Crippen molar-refractivity contribution in [2.24, 2.45) is 0 Å². The number of methoxy groups -OCH3 is 1. The van der Waals surface area contributed by atoms with Crippen molar-refractivity contribution in [1.29, 1.82) is 0 Å². The lowest BCUT2D eigenvalue weighted by molar-refractivity contribution is 0.141. The van der Waals surface area contributed by atoms with Crippen LogP contribution >= 0.6 is 8.03 Å². The topological polar surface area (TPSA) is 134 Å². The van der Waals surface area contributed by atoms with Gasteiger partial charge >= 0.3 is 19.7 Å². The van der Waals surface area contributed by atoms with Gasteiger partial charge in [0.2, 0.25) is 6.16 Å². The minimum atomic E-state index is -1.76. The first-order chi connectivity index (χ1) is 13.5. The molecule has 0 spiro atoms. The Bertz CT molecular complexity index is 1050. The molecule has 2 aromatic heterocycles. The van der Waals surface area contributed by atoms with E-state index >= 15 is 0 Å². The zero-order valence-corrected chi connectivity index (χ0v) is 16.4. The van der Waals surface area contributed by atoms with Crippen molar-refractivity contribution in [2.75, 3.05) is 33.2 Å². The van der Waals surface area contributed by atoms with Gasteiger partial charge in [-0.15, -0.1) is 4.52 Å². The molecule has 2 heterocycles. The van der Waals surface area contributed by atoms with Crippen molar-refractivity contribution in [3.63, 3.8) is 0 Å². The second-order valence-corrected chi connectivity index (χ2v) is 7.29. The van der Waals surface area contributed by atoms with E-state index in [9.17, 15) is 9.36 Å². The quantitative estimate of drug-likeness (QED) is 0.405. The summed E-state index contributed by atoms with van der Waals surface area (Å²) in [5.74, 6) is 0.124. The lowest BCUT2D eigenvalue weighted by atomic mass is 10.1. The minimum absolute atomic E-state index is 0.0700. The summed E-state index contributed by atoms with van der Waals surface area (Å²) in [5, 5.41) is 0. The van der Waals surface area contributed by atoms with Crippen molar-refractivity contribution >= 4 is 25.0 Å². The van der Waals surface area contributed by atoms with Crippen LogP contribution in [0.15, 0.2) is 29.1 Å². The van der Waals surface area contributed by atoms with Crippen LogP contribution in [0.4, 0.5) is 5.82 Å². The van der Waals surface area contributed by atoms with Gasteiger partial charge in [-0.25, -0.2) is 4.79 Å². The van der Waals surface area contributed by atoms with Crippen LogP contribution in [-0.2, 0) is 26.5 Å². The van der Waals surface area contributed by atoms with E-state index < -0.39 is 8.03 Å². The molecule has 0 saturated heterocycles. The summed E-state index contributed by atoms with van der Waals surface area (Å²) in [7, 11) is 1.21. The number of nitrogens with one attached hydrogen (secondary N) is 1. The first-order valence-corrected chi connectivity index (χ1v) is 9.82. The van der Waals surface area contributed by atoms with Gasteiger partial charge in [0.1, 0.15) is 12.1 Å². The zero-order valence-electron chi connectivity index (χ0n) is 15.5. The number of hydrogen-bond acceptors (Lipinski definition) is 8. The van der Waals surface area contributed by atoms with E-state index in [1.807, 2.05) is 24.3 Å². The number of aromatic nitrogens is 4. The van der Waals surface area contributed by atoms with Crippen molar-refractivity contribution in [3.05, 3.63) is 45.9 Å². The molecule has 3 N–H and O–H groups in total. The highest BCUT2D eigenvalue weighted by atomic mass is 31.1. The highest BCUT2D eigenvalue weighted by Crippen LogP contribution is 2.27. The smallest absolute Gasteiger partial charge is 0.461 e. The molecule has 3 rings (SSSR count). The van der Waals surface area contributed by atoms with Crippen LogP contribution in [0.25, 0.3) is 11.2 Å². The summed E-state index contributed by atoms with van der Waals surface area (Å²) in [4.78, 5) is 23.5. The number of hydrogen-bond donors (Lipinski definition) is 2. The number of ether oxygens (including phenoxy) is 2. The largest absolute Gasteiger partial charge is 0.512 e. The first kappa shape index (κ1) is 19.9. The van der Waals surface area contributed by atoms with Crippen molar-refractivity contribution in [1.82, 2.24) is 19.5 Å². The average Bonchev–Trinajstić information content (AvgIpc) is 2.98. The molecule has 28 heavy (non-hydrogen) atoms. The van der Waals surface area contributed by atoms with Gasteiger partial charge in [0.25, 0.3) is 0 Å². The van der Waals surface area contributed by atoms with Gasteiger partial charge in [0.15, 0.2) is 11.5 Å². The molecule has 0 aliphatic heterocycles. The third-order valence-corrected chi connectivity index (χ3v) is 5.03. The van der Waals surface area contributed by atoms with Crippen LogP contribution in [0.1, 0.15) is 11.1 Å². The Morgan fingerprint density at radius 2 is 2.00 bits per heavy atom. The first-order valence-electron chi connectivity index (χ1n) is 8.46. The Hall–Kier alpha value is -2.81. The predicted molar refractivity (Wildman–Crippen MR) is 104 cm³/mol. The molecule has 148 valence electrons. The molecule has 11 heteroatoms. The van der Waals surface area contributed by atoms with Gasteiger partial charge in [-0.2, -0.15) is 9.97 Å². The van der Waals surface area contributed by atoms with E-state index in [0.717, 1.165) is 11.1 Å². The number of rotatable bonds is 9. The lowest BCUT2D eigenvalue weighted by Crippen LogP contribution is -2.18. The Morgan fingerprint density at radius 3 is 2.75 bits per heavy atom. The number of nitrogens with zero attached hydrogens (tertiary/aromatic N) is 3. The molecule has 0 aliphatic carbocycles. The number of H-pyrrole nitrogens is 1. The van der Waals surface area contributed by atoms with E-state index in [0.29, 0.717) is 23.9 Å². The number of fused-ring (bicyclic) bond motifs is 1. The summed E-state index contributed by atoms with van der Waals surface area (Å²) in [6.07, 6.45) is 0.301. The number of benzene rings is 1. The van der Waals surface area contributed by atoms with Crippen LogP contribution in [0, 0.1) is 0 Å². The van der Waals surface area contributed by atoms with Crippen LogP contribution in [0.5, 0.6) is 6.01 Å². The van der Waals surface area contributed by atoms with Gasteiger partial charge in [-0.05, 0) is 16.2 Å². The standard InChI is InChI=1S/C17H20N5O5P/c1-25-6-7-27-16-20-14(18)13-15(21-16)22(17(23)19-13)9-11-4-3-5-12(8-11)10-28(24)26-2/h3-5,8H,6-7,9-10H2,1-2H3,(H2-,18,19,20,21,23)/p+1. The molecule has 1 unspecified atom stereocenters. The van der Waals surface area contributed by atoms with Gasteiger partial charge < -0.3 is 20.2 Å². The van der Waals surface area contributed by atoms with Crippen molar-refractivity contribution < 1.29 is 18.6 Å². The van der Waals surface area contributed by atoms with Crippen LogP contribution in [-0.4, -0.2) is 47.0 Å². The fourth-order valence-electron chi connectivity index (χ4n) is 2.68. The summed E-state index contributed by atoms with van der Waals surface area (Å²) >= 11 is 0. The van der Waals surface area contributed by atoms with Crippen LogP contribution in [0.3, 0.4) is 0 Å². The van der Waals surface area contributed by atoms with Gasteiger partial charge in [0, 0.05) is 12.7 Å². The van der Waals surface area contributed by atoms with E-state index in [4.69, 9.17) is 19.7 Å². The summed E-state index contributed by atoms with van der Waals surface area (Å²) in [6.45, 7) is 0.887.